The maximum absolute atomic E-state index is 12.4. The lowest BCUT2D eigenvalue weighted by atomic mass is 10.2. The van der Waals surface area contributed by atoms with E-state index >= 15 is 0 Å². The molecule has 116 valence electrons. The minimum Gasteiger partial charge on any atom is -0.480 e. The first kappa shape index (κ1) is 16.5. The quantitative estimate of drug-likeness (QED) is 0.802. The van der Waals surface area contributed by atoms with Crippen LogP contribution in [0.1, 0.15) is 13.0 Å². The summed E-state index contributed by atoms with van der Waals surface area (Å²) < 4.78 is 2.97. The maximum Gasteiger partial charge on any atom is 0.347 e. The molecule has 0 saturated heterocycles. The van der Waals surface area contributed by atoms with Gasteiger partial charge in [0.2, 0.25) is 0 Å². The first-order valence-electron chi connectivity index (χ1n) is 6.35. The minimum absolute atomic E-state index is 0.218. The van der Waals surface area contributed by atoms with Crippen LogP contribution in [0.5, 0.6) is 0 Å². The highest BCUT2D eigenvalue weighted by atomic mass is 79.9. The predicted octanol–water partition coefficient (Wildman–Crippen LogP) is 2.96. The molecule has 0 bridgehead atoms. The van der Waals surface area contributed by atoms with Crippen molar-refractivity contribution in [3.05, 3.63) is 50.8 Å². The predicted molar refractivity (Wildman–Crippen MR) is 87.2 cm³/mol. The van der Waals surface area contributed by atoms with E-state index in [1.807, 2.05) is 0 Å². The molecule has 1 atom stereocenters. The number of carbonyl (C=O) groups is 1. The van der Waals surface area contributed by atoms with Gasteiger partial charge in [0, 0.05) is 21.6 Å². The fourth-order valence-corrected chi connectivity index (χ4v) is 2.79. The van der Waals surface area contributed by atoms with Crippen molar-refractivity contribution < 1.29 is 9.90 Å². The molecule has 1 heterocycles. The Kier molecular flexibility index (Phi) is 4.87. The van der Waals surface area contributed by atoms with Gasteiger partial charge >= 0.3 is 11.7 Å². The van der Waals surface area contributed by atoms with Gasteiger partial charge in [0.1, 0.15) is 0 Å². The highest BCUT2D eigenvalue weighted by Crippen LogP contribution is 2.29. The van der Waals surface area contributed by atoms with E-state index in [2.05, 4.69) is 27.6 Å². The number of hydrogen-bond donors (Lipinski definition) is 1. The number of carboxylic acid groups (broad SMARTS) is 1. The molecule has 8 heteroatoms. The van der Waals surface area contributed by atoms with Gasteiger partial charge in [0.25, 0.3) is 0 Å². The largest absolute Gasteiger partial charge is 0.480 e. The molecule has 1 aromatic heterocycles. The van der Waals surface area contributed by atoms with Crippen molar-refractivity contribution in [3.8, 4) is 11.4 Å². The molecule has 6 nitrogen and oxygen atoms in total. The second kappa shape index (κ2) is 6.50. The molecule has 1 aromatic carbocycles. The first-order valence-corrected chi connectivity index (χ1v) is 7.52. The van der Waals surface area contributed by atoms with Crippen LogP contribution in [-0.4, -0.2) is 25.4 Å². The van der Waals surface area contributed by atoms with Crippen molar-refractivity contribution in [2.75, 3.05) is 0 Å². The molecule has 0 amide bonds. The summed E-state index contributed by atoms with van der Waals surface area (Å²) in [5.74, 6) is -0.784. The molecule has 2 rings (SSSR count). The number of rotatable bonds is 5. The summed E-state index contributed by atoms with van der Waals surface area (Å²) >= 11 is 9.29. The Labute approximate surface area is 139 Å². The van der Waals surface area contributed by atoms with Crippen LogP contribution in [0.25, 0.3) is 11.4 Å². The molecule has 0 fully saturated rings. The van der Waals surface area contributed by atoms with E-state index in [-0.39, 0.29) is 6.54 Å². The zero-order valence-electron chi connectivity index (χ0n) is 11.7. The van der Waals surface area contributed by atoms with Gasteiger partial charge in [-0.1, -0.05) is 17.7 Å². The highest BCUT2D eigenvalue weighted by Gasteiger charge is 2.23. The highest BCUT2D eigenvalue weighted by molar-refractivity contribution is 9.10. The fourth-order valence-electron chi connectivity index (χ4n) is 1.93. The van der Waals surface area contributed by atoms with Gasteiger partial charge in [-0.15, -0.1) is 11.7 Å². The zero-order chi connectivity index (χ0) is 16.4. The molecular formula is C14H13BrClN3O3. The number of nitrogens with zero attached hydrogens (tertiary/aromatic N) is 3. The Balaban J connectivity index is 2.69. The number of allylic oxidation sites excluding steroid dienone is 1. The van der Waals surface area contributed by atoms with Gasteiger partial charge in [0.15, 0.2) is 11.9 Å². The summed E-state index contributed by atoms with van der Waals surface area (Å²) in [5, 5.41) is 13.8. The normalized spacial score (nSPS) is 12.1. The summed E-state index contributed by atoms with van der Waals surface area (Å²) in [7, 11) is 0. The SMILES string of the molecule is C=CCn1c(-c2ccc(Cl)cc2Br)nn(C(C)C(=O)O)c1=O. The van der Waals surface area contributed by atoms with Crippen LogP contribution in [0.15, 0.2) is 40.1 Å². The van der Waals surface area contributed by atoms with E-state index in [0.717, 1.165) is 4.68 Å². The van der Waals surface area contributed by atoms with Crippen LogP contribution in [0.4, 0.5) is 0 Å². The third-order valence-corrected chi connectivity index (χ3v) is 3.98. The average molecular weight is 387 g/mol. The van der Waals surface area contributed by atoms with Crippen molar-refractivity contribution in [1.82, 2.24) is 14.3 Å². The van der Waals surface area contributed by atoms with Crippen LogP contribution >= 0.6 is 27.5 Å². The van der Waals surface area contributed by atoms with Gasteiger partial charge in [-0.25, -0.2) is 9.59 Å². The summed E-state index contributed by atoms with van der Waals surface area (Å²) in [6, 6.07) is 4.00. The van der Waals surface area contributed by atoms with E-state index in [1.54, 1.807) is 24.3 Å². The number of aromatic nitrogens is 3. The van der Waals surface area contributed by atoms with Crippen LogP contribution in [-0.2, 0) is 11.3 Å². The third kappa shape index (κ3) is 3.00. The summed E-state index contributed by atoms with van der Waals surface area (Å²) in [6.45, 7) is 5.23. The van der Waals surface area contributed by atoms with E-state index < -0.39 is 17.7 Å². The second-order valence-electron chi connectivity index (χ2n) is 4.59. The zero-order valence-corrected chi connectivity index (χ0v) is 14.0. The third-order valence-electron chi connectivity index (χ3n) is 3.09. The number of carboxylic acids is 1. The lowest BCUT2D eigenvalue weighted by Crippen LogP contribution is -2.30. The molecule has 0 spiro atoms. The van der Waals surface area contributed by atoms with Gasteiger partial charge < -0.3 is 5.11 Å². The van der Waals surface area contributed by atoms with E-state index in [0.29, 0.717) is 20.9 Å². The lowest BCUT2D eigenvalue weighted by molar-refractivity contribution is -0.140. The second-order valence-corrected chi connectivity index (χ2v) is 5.88. The molecule has 0 aliphatic carbocycles. The maximum atomic E-state index is 12.4. The Morgan fingerprint density at radius 1 is 1.59 bits per heavy atom. The topological polar surface area (TPSA) is 77.1 Å². The number of benzene rings is 1. The number of halogens is 2. The average Bonchev–Trinajstić information content (AvgIpc) is 2.76. The standard InChI is InChI=1S/C14H13BrClN3O3/c1-3-6-18-12(10-5-4-9(16)7-11(10)15)17-19(14(18)22)8(2)13(20)21/h3-5,7-8H,1,6H2,2H3,(H,20,21). The smallest absolute Gasteiger partial charge is 0.347 e. The Morgan fingerprint density at radius 3 is 2.82 bits per heavy atom. The van der Waals surface area contributed by atoms with Crippen molar-refractivity contribution in [1.29, 1.82) is 0 Å². The summed E-state index contributed by atoms with van der Waals surface area (Å²) in [5.41, 5.74) is 0.131. The Hall–Kier alpha value is -1.86. The van der Waals surface area contributed by atoms with Gasteiger partial charge in [-0.2, -0.15) is 4.68 Å². The van der Waals surface area contributed by atoms with Crippen LogP contribution in [0.3, 0.4) is 0 Å². The monoisotopic (exact) mass is 385 g/mol. The van der Waals surface area contributed by atoms with Crippen LogP contribution < -0.4 is 5.69 Å². The molecule has 1 unspecified atom stereocenters. The van der Waals surface area contributed by atoms with Crippen LogP contribution in [0.2, 0.25) is 5.02 Å². The van der Waals surface area contributed by atoms with Crippen molar-refractivity contribution in [2.45, 2.75) is 19.5 Å². The summed E-state index contributed by atoms with van der Waals surface area (Å²) in [6.07, 6.45) is 1.55. The number of aliphatic carboxylic acids is 1. The molecule has 0 aliphatic rings. The van der Waals surface area contributed by atoms with E-state index in [9.17, 15) is 9.59 Å². The molecule has 0 aliphatic heterocycles. The molecule has 0 radical (unpaired) electrons. The lowest BCUT2D eigenvalue weighted by Gasteiger charge is -2.05. The molecule has 22 heavy (non-hydrogen) atoms. The molecular weight excluding hydrogens is 374 g/mol. The Morgan fingerprint density at radius 2 is 2.27 bits per heavy atom. The van der Waals surface area contributed by atoms with Gasteiger partial charge in [-0.3, -0.25) is 4.57 Å². The minimum atomic E-state index is -1.13. The van der Waals surface area contributed by atoms with E-state index in [1.165, 1.54) is 11.5 Å². The first-order chi connectivity index (χ1) is 10.4. The van der Waals surface area contributed by atoms with Crippen molar-refractivity contribution in [3.63, 3.8) is 0 Å². The van der Waals surface area contributed by atoms with E-state index in [4.69, 9.17) is 16.7 Å². The van der Waals surface area contributed by atoms with Crippen molar-refractivity contribution in [2.24, 2.45) is 0 Å². The number of hydrogen-bond acceptors (Lipinski definition) is 3. The van der Waals surface area contributed by atoms with Gasteiger partial charge in [-0.05, 0) is 41.1 Å². The Bertz CT molecular complexity index is 797. The van der Waals surface area contributed by atoms with Crippen LogP contribution in [0, 0.1) is 0 Å². The van der Waals surface area contributed by atoms with Crippen molar-refractivity contribution >= 4 is 33.5 Å². The molecule has 2 aromatic rings. The molecule has 1 N–H and O–H groups in total. The van der Waals surface area contributed by atoms with Gasteiger partial charge in [0.05, 0.1) is 0 Å². The summed E-state index contributed by atoms with van der Waals surface area (Å²) in [4.78, 5) is 23.5. The molecule has 0 saturated carbocycles. The fraction of sp³-hybridized carbons (Fsp3) is 0.214.